The maximum absolute atomic E-state index is 14.3. The van der Waals surface area contributed by atoms with Crippen LogP contribution in [0.2, 0.25) is 10.0 Å². The summed E-state index contributed by atoms with van der Waals surface area (Å²) in [4.78, 5) is 31.6. The quantitative estimate of drug-likeness (QED) is 0.497. The monoisotopic (exact) mass is 554 g/mol. The van der Waals surface area contributed by atoms with Crippen LogP contribution in [-0.4, -0.2) is 71.1 Å². The van der Waals surface area contributed by atoms with Gasteiger partial charge in [-0.15, -0.1) is 5.10 Å². The lowest BCUT2D eigenvalue weighted by atomic mass is 9.73. The average Bonchev–Trinajstić information content (AvgIpc) is 3.43. The number of nitrogens with one attached hydrogen (secondary N) is 1. The molecule has 1 fully saturated rings. The van der Waals surface area contributed by atoms with Gasteiger partial charge in [0.05, 0.1) is 25.7 Å². The zero-order valence-corrected chi connectivity index (χ0v) is 22.5. The van der Waals surface area contributed by atoms with Gasteiger partial charge in [0.15, 0.2) is 5.82 Å². The second-order valence-electron chi connectivity index (χ2n) is 10.0. The molecule has 0 bridgehead atoms. The van der Waals surface area contributed by atoms with Crippen LogP contribution in [0, 0.1) is 0 Å². The predicted octanol–water partition coefficient (Wildman–Crippen LogP) is 3.89. The highest BCUT2D eigenvalue weighted by molar-refractivity contribution is 6.31. The van der Waals surface area contributed by atoms with Crippen molar-refractivity contribution < 1.29 is 14.3 Å². The molecular weight excluding hydrogens is 527 g/mol. The average molecular weight is 555 g/mol. The van der Waals surface area contributed by atoms with Gasteiger partial charge in [0.25, 0.3) is 0 Å². The summed E-state index contributed by atoms with van der Waals surface area (Å²) >= 11 is 12.5. The molecular formula is C27H28Cl2N6O3. The van der Waals surface area contributed by atoms with Crippen LogP contribution >= 0.6 is 23.2 Å². The van der Waals surface area contributed by atoms with Gasteiger partial charge in [-0.1, -0.05) is 40.5 Å². The van der Waals surface area contributed by atoms with E-state index < -0.39 is 5.41 Å². The Morgan fingerprint density at radius 1 is 1.05 bits per heavy atom. The van der Waals surface area contributed by atoms with E-state index in [2.05, 4.69) is 20.5 Å². The molecule has 11 heteroatoms. The van der Waals surface area contributed by atoms with Crippen molar-refractivity contribution in [2.24, 2.45) is 0 Å². The van der Waals surface area contributed by atoms with Crippen LogP contribution in [0.15, 0.2) is 42.5 Å². The summed E-state index contributed by atoms with van der Waals surface area (Å²) < 4.78 is 7.11. The van der Waals surface area contributed by atoms with Gasteiger partial charge in [0, 0.05) is 41.9 Å². The third kappa shape index (κ3) is 4.18. The summed E-state index contributed by atoms with van der Waals surface area (Å²) in [5.74, 6) is -0.00372. The van der Waals surface area contributed by atoms with Crippen molar-refractivity contribution in [2.45, 2.75) is 31.2 Å². The van der Waals surface area contributed by atoms with Crippen LogP contribution in [0.1, 0.15) is 42.6 Å². The van der Waals surface area contributed by atoms with Crippen LogP contribution in [0.25, 0.3) is 0 Å². The van der Waals surface area contributed by atoms with Crippen molar-refractivity contribution in [3.63, 3.8) is 0 Å². The third-order valence-electron chi connectivity index (χ3n) is 7.78. The highest BCUT2D eigenvalue weighted by Crippen LogP contribution is 2.52. The first-order chi connectivity index (χ1) is 18.4. The van der Waals surface area contributed by atoms with Gasteiger partial charge in [-0.25, -0.2) is 4.68 Å². The number of fused-ring (bicyclic) bond motifs is 4. The molecule has 2 atom stereocenters. The van der Waals surface area contributed by atoms with Gasteiger partial charge < -0.3 is 15.0 Å². The van der Waals surface area contributed by atoms with Crippen LogP contribution in [0.4, 0.5) is 11.5 Å². The first-order valence-electron chi connectivity index (χ1n) is 12.8. The molecule has 2 aromatic carbocycles. The number of morpholine rings is 1. The minimum atomic E-state index is -1.28. The number of anilines is 2. The minimum Gasteiger partial charge on any atom is -0.379 e. The summed E-state index contributed by atoms with van der Waals surface area (Å²) in [6.07, 6.45) is 0.739. The Morgan fingerprint density at radius 2 is 1.79 bits per heavy atom. The van der Waals surface area contributed by atoms with Crippen LogP contribution < -0.4 is 10.2 Å². The van der Waals surface area contributed by atoms with Gasteiger partial charge in [0.2, 0.25) is 11.8 Å². The molecule has 2 amide bonds. The molecule has 1 unspecified atom stereocenters. The standard InChI is InChI=1S/C27H28Cl2N6O3/c1-17(18-3-5-19(28)6-4-18)35-25-24(31-32-35)27(16-23(36)30-25)21-15-20(29)7-8-22(21)34(26(27)37)10-2-9-33-11-13-38-14-12-33/h3-8,15,17H,2,9-14,16H2,1H3,(H,30,36)/t17?,27-/m1/s1. The van der Waals surface area contributed by atoms with E-state index in [1.54, 1.807) is 21.7 Å². The predicted molar refractivity (Wildman–Crippen MR) is 145 cm³/mol. The number of ether oxygens (including phenoxy) is 1. The topological polar surface area (TPSA) is 92.6 Å². The van der Waals surface area contributed by atoms with E-state index in [-0.39, 0.29) is 24.3 Å². The van der Waals surface area contributed by atoms with Crippen molar-refractivity contribution in [3.05, 3.63) is 69.3 Å². The van der Waals surface area contributed by atoms with Gasteiger partial charge >= 0.3 is 0 Å². The number of hydrogen-bond donors (Lipinski definition) is 1. The van der Waals surface area contributed by atoms with Crippen molar-refractivity contribution in [1.29, 1.82) is 0 Å². The molecule has 4 heterocycles. The second-order valence-corrected chi connectivity index (χ2v) is 10.9. The van der Waals surface area contributed by atoms with E-state index >= 15 is 0 Å². The first-order valence-corrected chi connectivity index (χ1v) is 13.6. The van der Waals surface area contributed by atoms with Crippen LogP contribution in [-0.2, 0) is 19.7 Å². The molecule has 0 saturated carbocycles. The lowest BCUT2D eigenvalue weighted by Gasteiger charge is -2.32. The molecule has 0 radical (unpaired) electrons. The Balaban J connectivity index is 1.37. The van der Waals surface area contributed by atoms with Gasteiger partial charge in [-0.3, -0.25) is 14.5 Å². The molecule has 1 N–H and O–H groups in total. The molecule has 1 aromatic heterocycles. The SMILES string of the molecule is CC(c1ccc(Cl)cc1)n1nnc2c1NC(=O)C[C@]21C(=O)N(CCCN2CCOCC2)c2ccc(Cl)cc21. The van der Waals surface area contributed by atoms with Crippen molar-refractivity contribution in [3.8, 4) is 0 Å². The highest BCUT2D eigenvalue weighted by Gasteiger charge is 2.58. The van der Waals surface area contributed by atoms with Gasteiger partial charge in [0.1, 0.15) is 11.1 Å². The third-order valence-corrected chi connectivity index (χ3v) is 8.27. The smallest absolute Gasteiger partial charge is 0.244 e. The van der Waals surface area contributed by atoms with Crippen molar-refractivity contribution >= 4 is 46.5 Å². The number of hydrogen-bond acceptors (Lipinski definition) is 6. The van der Waals surface area contributed by atoms with E-state index in [9.17, 15) is 9.59 Å². The number of aromatic nitrogens is 3. The summed E-state index contributed by atoms with van der Waals surface area (Å²) in [5.41, 5.74) is 1.57. The van der Waals surface area contributed by atoms with Crippen molar-refractivity contribution in [2.75, 3.05) is 49.6 Å². The molecule has 3 aromatic rings. The number of benzene rings is 2. The molecule has 3 aliphatic heterocycles. The molecule has 9 nitrogen and oxygen atoms in total. The first kappa shape index (κ1) is 25.3. The van der Waals surface area contributed by atoms with Crippen LogP contribution in [0.5, 0.6) is 0 Å². The molecule has 1 saturated heterocycles. The Kier molecular flexibility index (Phi) is 6.63. The maximum Gasteiger partial charge on any atom is 0.244 e. The van der Waals surface area contributed by atoms with Crippen LogP contribution in [0.3, 0.4) is 0 Å². The fourth-order valence-electron chi connectivity index (χ4n) is 5.79. The second kappa shape index (κ2) is 9.96. The Labute approximate surface area is 230 Å². The minimum absolute atomic E-state index is 0.0554. The number of amides is 2. The summed E-state index contributed by atoms with van der Waals surface area (Å²) in [5, 5.41) is 13.0. The molecule has 3 aliphatic rings. The molecule has 38 heavy (non-hydrogen) atoms. The fourth-order valence-corrected chi connectivity index (χ4v) is 6.09. The highest BCUT2D eigenvalue weighted by atomic mass is 35.5. The number of rotatable bonds is 6. The van der Waals surface area contributed by atoms with E-state index in [4.69, 9.17) is 27.9 Å². The molecule has 1 spiro atoms. The van der Waals surface area contributed by atoms with E-state index in [1.165, 1.54) is 0 Å². The van der Waals surface area contributed by atoms with E-state index in [0.717, 1.165) is 50.5 Å². The van der Waals surface area contributed by atoms with E-state index in [0.29, 0.717) is 33.7 Å². The maximum atomic E-state index is 14.3. The lowest BCUT2D eigenvalue weighted by molar-refractivity contribution is -0.126. The molecule has 0 aliphatic carbocycles. The van der Waals surface area contributed by atoms with Crippen molar-refractivity contribution in [1.82, 2.24) is 19.9 Å². The molecule has 6 rings (SSSR count). The number of nitrogens with zero attached hydrogens (tertiary/aromatic N) is 5. The summed E-state index contributed by atoms with van der Waals surface area (Å²) in [7, 11) is 0. The zero-order chi connectivity index (χ0) is 26.4. The number of carbonyl (C=O) groups excluding carboxylic acids is 2. The van der Waals surface area contributed by atoms with E-state index in [1.807, 2.05) is 37.3 Å². The Hall–Kier alpha value is -2.98. The number of carbonyl (C=O) groups is 2. The zero-order valence-electron chi connectivity index (χ0n) is 21.0. The van der Waals surface area contributed by atoms with Gasteiger partial charge in [-0.2, -0.15) is 0 Å². The Morgan fingerprint density at radius 3 is 2.55 bits per heavy atom. The van der Waals surface area contributed by atoms with Gasteiger partial charge in [-0.05, 0) is 54.8 Å². The normalized spacial score (nSPS) is 21.9. The lowest BCUT2D eigenvalue weighted by Crippen LogP contribution is -2.47. The Bertz CT molecular complexity index is 1390. The number of halogens is 2. The summed E-state index contributed by atoms with van der Waals surface area (Å²) in [6, 6.07) is 12.6. The summed E-state index contributed by atoms with van der Waals surface area (Å²) in [6.45, 7) is 6.60. The largest absolute Gasteiger partial charge is 0.379 e. The molecule has 198 valence electrons. The fraction of sp³-hybridized carbons (Fsp3) is 0.407.